The molecule has 0 amide bonds. The van der Waals surface area contributed by atoms with Crippen molar-refractivity contribution in [1.82, 2.24) is 0 Å². The molecule has 1 atom stereocenters. The molecule has 1 fully saturated rings. The van der Waals surface area contributed by atoms with Gasteiger partial charge in [0.1, 0.15) is 0 Å². The molecule has 0 bridgehead atoms. The van der Waals surface area contributed by atoms with Crippen LogP contribution in [0.3, 0.4) is 0 Å². The number of halogens is 3. The van der Waals surface area contributed by atoms with Crippen LogP contribution in [0.2, 0.25) is 0 Å². The van der Waals surface area contributed by atoms with Gasteiger partial charge in [0.05, 0.1) is 5.56 Å². The molecule has 2 N–H and O–H groups in total. The average Bonchev–Trinajstić information content (AvgIpc) is 2.65. The van der Waals surface area contributed by atoms with E-state index in [2.05, 4.69) is 13.8 Å². The lowest BCUT2D eigenvalue weighted by molar-refractivity contribution is -0.137. The Morgan fingerprint density at radius 2 is 1.68 bits per heavy atom. The predicted octanol–water partition coefficient (Wildman–Crippen LogP) is 4.11. The Bertz CT molecular complexity index is 447. The van der Waals surface area contributed by atoms with Gasteiger partial charge >= 0.3 is 6.18 Å². The third kappa shape index (κ3) is 2.78. The Morgan fingerprint density at radius 3 is 2.05 bits per heavy atom. The molecule has 0 saturated heterocycles. The number of nitrogens with two attached hydrogens (primary N) is 1. The molecule has 0 spiro atoms. The zero-order chi connectivity index (χ0) is 14.3. The SMILES string of the molecule is CC1(C)CCC(CN)(c2ccc(C(F)(F)F)cc2)C1. The summed E-state index contributed by atoms with van der Waals surface area (Å²) in [7, 11) is 0. The molecule has 0 heterocycles. The van der Waals surface area contributed by atoms with E-state index in [0.29, 0.717) is 6.54 Å². The molecule has 1 nitrogen and oxygen atoms in total. The average molecular weight is 271 g/mol. The van der Waals surface area contributed by atoms with Crippen molar-refractivity contribution in [2.45, 2.75) is 44.7 Å². The van der Waals surface area contributed by atoms with Gasteiger partial charge in [-0.1, -0.05) is 26.0 Å². The first kappa shape index (κ1) is 14.4. The lowest BCUT2D eigenvalue weighted by atomic mass is 9.76. The zero-order valence-electron chi connectivity index (χ0n) is 11.3. The maximum atomic E-state index is 12.6. The number of hydrogen-bond acceptors (Lipinski definition) is 1. The third-order valence-corrected chi connectivity index (χ3v) is 4.31. The molecule has 1 unspecified atom stereocenters. The molecule has 1 aliphatic carbocycles. The summed E-state index contributed by atoms with van der Waals surface area (Å²) < 4.78 is 37.7. The predicted molar refractivity (Wildman–Crippen MR) is 69.8 cm³/mol. The molecule has 0 aliphatic heterocycles. The highest BCUT2D eigenvalue weighted by Gasteiger charge is 2.43. The second-order valence-corrected chi connectivity index (χ2v) is 6.40. The van der Waals surface area contributed by atoms with Gasteiger partial charge in [-0.15, -0.1) is 0 Å². The molecule has 0 radical (unpaired) electrons. The molecular formula is C15H20F3N. The van der Waals surface area contributed by atoms with Crippen molar-refractivity contribution in [3.8, 4) is 0 Å². The van der Waals surface area contributed by atoms with Crippen LogP contribution in [0.15, 0.2) is 24.3 Å². The Balaban J connectivity index is 2.31. The first-order valence-corrected chi connectivity index (χ1v) is 6.56. The van der Waals surface area contributed by atoms with Crippen molar-refractivity contribution >= 4 is 0 Å². The van der Waals surface area contributed by atoms with Crippen LogP contribution in [-0.2, 0) is 11.6 Å². The summed E-state index contributed by atoms with van der Waals surface area (Å²) in [6.45, 7) is 4.87. The lowest BCUT2D eigenvalue weighted by Gasteiger charge is -2.30. The first-order chi connectivity index (χ1) is 8.69. The van der Waals surface area contributed by atoms with Crippen LogP contribution in [0.25, 0.3) is 0 Å². The monoisotopic (exact) mass is 271 g/mol. The van der Waals surface area contributed by atoms with Gasteiger partial charge in [-0.2, -0.15) is 13.2 Å². The van der Waals surface area contributed by atoms with Crippen LogP contribution in [0.1, 0.15) is 44.2 Å². The maximum absolute atomic E-state index is 12.6. The van der Waals surface area contributed by atoms with Crippen LogP contribution in [0.5, 0.6) is 0 Å². The van der Waals surface area contributed by atoms with Gasteiger partial charge in [-0.3, -0.25) is 0 Å². The number of benzene rings is 1. The quantitative estimate of drug-likeness (QED) is 0.860. The fourth-order valence-corrected chi connectivity index (χ4v) is 3.22. The molecule has 2 rings (SSSR count). The molecule has 4 heteroatoms. The van der Waals surface area contributed by atoms with Crippen LogP contribution in [0, 0.1) is 5.41 Å². The molecule has 19 heavy (non-hydrogen) atoms. The molecule has 1 aliphatic rings. The summed E-state index contributed by atoms with van der Waals surface area (Å²) in [5.41, 5.74) is 6.32. The van der Waals surface area contributed by atoms with Crippen LogP contribution >= 0.6 is 0 Å². The van der Waals surface area contributed by atoms with E-state index in [1.807, 2.05) is 0 Å². The van der Waals surface area contributed by atoms with Crippen molar-refractivity contribution in [3.05, 3.63) is 35.4 Å². The normalized spacial score (nSPS) is 26.6. The minimum Gasteiger partial charge on any atom is -0.330 e. The Hall–Kier alpha value is -1.03. The van der Waals surface area contributed by atoms with Gasteiger partial charge in [-0.25, -0.2) is 0 Å². The van der Waals surface area contributed by atoms with Crippen LogP contribution < -0.4 is 5.73 Å². The summed E-state index contributed by atoms with van der Waals surface area (Å²) in [5.74, 6) is 0. The Kier molecular flexibility index (Phi) is 3.42. The zero-order valence-corrected chi connectivity index (χ0v) is 11.3. The van der Waals surface area contributed by atoms with Gasteiger partial charge < -0.3 is 5.73 Å². The number of alkyl halides is 3. The highest BCUT2D eigenvalue weighted by molar-refractivity contribution is 5.32. The van der Waals surface area contributed by atoms with Gasteiger partial charge in [0.2, 0.25) is 0 Å². The fourth-order valence-electron chi connectivity index (χ4n) is 3.22. The summed E-state index contributed by atoms with van der Waals surface area (Å²) in [4.78, 5) is 0. The number of hydrogen-bond donors (Lipinski definition) is 1. The summed E-state index contributed by atoms with van der Waals surface area (Å²) in [6, 6.07) is 5.52. The highest BCUT2D eigenvalue weighted by atomic mass is 19.4. The van der Waals surface area contributed by atoms with E-state index >= 15 is 0 Å². The molecule has 1 aromatic carbocycles. The van der Waals surface area contributed by atoms with E-state index in [4.69, 9.17) is 5.73 Å². The van der Waals surface area contributed by atoms with Gasteiger partial charge in [0, 0.05) is 12.0 Å². The summed E-state index contributed by atoms with van der Waals surface area (Å²) in [6.07, 6.45) is -1.34. The standard InChI is InChI=1S/C15H20F3N/c1-13(2)7-8-14(9-13,10-19)11-3-5-12(6-4-11)15(16,17)18/h3-6H,7-10,19H2,1-2H3. The fraction of sp³-hybridized carbons (Fsp3) is 0.600. The van der Waals surface area contributed by atoms with Crippen molar-refractivity contribution in [1.29, 1.82) is 0 Å². The van der Waals surface area contributed by atoms with E-state index in [-0.39, 0.29) is 10.8 Å². The van der Waals surface area contributed by atoms with Crippen LogP contribution in [0.4, 0.5) is 13.2 Å². The van der Waals surface area contributed by atoms with E-state index < -0.39 is 11.7 Å². The minimum atomic E-state index is -4.27. The van der Waals surface area contributed by atoms with Gasteiger partial charge in [0.15, 0.2) is 0 Å². The third-order valence-electron chi connectivity index (χ3n) is 4.31. The van der Waals surface area contributed by atoms with Crippen molar-refractivity contribution < 1.29 is 13.2 Å². The van der Waals surface area contributed by atoms with E-state index in [9.17, 15) is 13.2 Å². The Morgan fingerprint density at radius 1 is 1.11 bits per heavy atom. The lowest BCUT2D eigenvalue weighted by Crippen LogP contribution is -2.33. The molecule has 1 aromatic rings. The van der Waals surface area contributed by atoms with Gasteiger partial charge in [-0.05, 0) is 42.4 Å². The van der Waals surface area contributed by atoms with E-state index in [1.54, 1.807) is 12.1 Å². The van der Waals surface area contributed by atoms with Crippen molar-refractivity contribution in [2.75, 3.05) is 6.54 Å². The summed E-state index contributed by atoms with van der Waals surface area (Å²) >= 11 is 0. The molecule has 1 saturated carbocycles. The summed E-state index contributed by atoms with van der Waals surface area (Å²) in [5, 5.41) is 0. The first-order valence-electron chi connectivity index (χ1n) is 6.56. The minimum absolute atomic E-state index is 0.159. The highest BCUT2D eigenvalue weighted by Crippen LogP contribution is 2.50. The van der Waals surface area contributed by atoms with Crippen LogP contribution in [-0.4, -0.2) is 6.54 Å². The largest absolute Gasteiger partial charge is 0.416 e. The van der Waals surface area contributed by atoms with E-state index in [0.717, 1.165) is 37.0 Å². The topological polar surface area (TPSA) is 26.0 Å². The van der Waals surface area contributed by atoms with E-state index in [1.165, 1.54) is 0 Å². The molecular weight excluding hydrogens is 251 g/mol. The number of rotatable bonds is 2. The Labute approximate surface area is 112 Å². The maximum Gasteiger partial charge on any atom is 0.416 e. The second-order valence-electron chi connectivity index (χ2n) is 6.40. The smallest absolute Gasteiger partial charge is 0.330 e. The molecule has 106 valence electrons. The van der Waals surface area contributed by atoms with Crippen molar-refractivity contribution in [3.63, 3.8) is 0 Å². The second kappa shape index (κ2) is 4.51. The molecule has 0 aromatic heterocycles. The van der Waals surface area contributed by atoms with Crippen molar-refractivity contribution in [2.24, 2.45) is 11.1 Å². The van der Waals surface area contributed by atoms with Gasteiger partial charge in [0.25, 0.3) is 0 Å².